The number of hydrogen-bond acceptors (Lipinski definition) is 3. The summed E-state index contributed by atoms with van der Waals surface area (Å²) in [5, 5.41) is 8.43. The number of aromatic nitrogens is 3. The van der Waals surface area contributed by atoms with E-state index in [9.17, 15) is 0 Å². The molecule has 0 radical (unpaired) electrons. The SMILES string of the molecule is C[N+]1(Cn2nnc3ccccc32)CCOCC1.[I-]. The van der Waals surface area contributed by atoms with Crippen molar-refractivity contribution in [3.05, 3.63) is 24.3 Å². The van der Waals surface area contributed by atoms with Crippen LogP contribution in [-0.2, 0) is 11.4 Å². The molecule has 1 fully saturated rings. The van der Waals surface area contributed by atoms with E-state index in [1.165, 1.54) is 0 Å². The van der Waals surface area contributed by atoms with Gasteiger partial charge in [-0.2, -0.15) is 4.68 Å². The van der Waals surface area contributed by atoms with Crippen molar-refractivity contribution in [2.75, 3.05) is 33.4 Å². The Hall–Kier alpha value is -0.730. The zero-order valence-corrected chi connectivity index (χ0v) is 12.6. The van der Waals surface area contributed by atoms with Crippen LogP contribution in [0.2, 0.25) is 0 Å². The van der Waals surface area contributed by atoms with Crippen LogP contribution in [0.15, 0.2) is 24.3 Å². The van der Waals surface area contributed by atoms with Gasteiger partial charge < -0.3 is 33.2 Å². The van der Waals surface area contributed by atoms with E-state index in [0.717, 1.165) is 48.5 Å². The highest BCUT2D eigenvalue weighted by Crippen LogP contribution is 2.14. The van der Waals surface area contributed by atoms with Crippen LogP contribution in [0.25, 0.3) is 11.0 Å². The van der Waals surface area contributed by atoms with Crippen LogP contribution in [0.3, 0.4) is 0 Å². The Kier molecular flexibility index (Phi) is 4.18. The molecule has 0 aliphatic carbocycles. The molecule has 0 spiro atoms. The Morgan fingerprint density at radius 2 is 2.00 bits per heavy atom. The van der Waals surface area contributed by atoms with E-state index in [2.05, 4.69) is 23.4 Å². The Balaban J connectivity index is 0.00000120. The molecule has 0 N–H and O–H groups in total. The standard InChI is InChI=1S/C12H17N4O.HI/c1-16(6-8-17-9-7-16)10-15-12-5-3-2-4-11(12)13-14-15;/h2-5H,6-10H2,1H3;1H/q+1;/p-1. The first-order valence-corrected chi connectivity index (χ1v) is 5.96. The van der Waals surface area contributed by atoms with Crippen LogP contribution in [0.5, 0.6) is 0 Å². The molecular weight excluding hydrogens is 343 g/mol. The summed E-state index contributed by atoms with van der Waals surface area (Å²) in [5.74, 6) is 0. The van der Waals surface area contributed by atoms with E-state index < -0.39 is 0 Å². The summed E-state index contributed by atoms with van der Waals surface area (Å²) >= 11 is 0. The number of rotatable bonds is 2. The maximum absolute atomic E-state index is 5.41. The van der Waals surface area contributed by atoms with Crippen LogP contribution in [0.1, 0.15) is 0 Å². The van der Waals surface area contributed by atoms with E-state index in [-0.39, 0.29) is 24.0 Å². The normalized spacial score (nSPS) is 18.5. The zero-order chi connectivity index (χ0) is 11.7. The lowest BCUT2D eigenvalue weighted by Crippen LogP contribution is -3.00. The number of ether oxygens (including phenoxy) is 1. The first-order chi connectivity index (χ1) is 8.27. The lowest BCUT2D eigenvalue weighted by molar-refractivity contribution is -0.938. The predicted molar refractivity (Wildman–Crippen MR) is 64.3 cm³/mol. The molecule has 6 heteroatoms. The van der Waals surface area contributed by atoms with Crippen molar-refractivity contribution in [1.82, 2.24) is 15.0 Å². The molecule has 1 aliphatic heterocycles. The molecule has 1 aliphatic rings. The smallest absolute Gasteiger partial charge is 0.176 e. The highest BCUT2D eigenvalue weighted by atomic mass is 127. The van der Waals surface area contributed by atoms with Crippen LogP contribution >= 0.6 is 0 Å². The van der Waals surface area contributed by atoms with E-state index in [4.69, 9.17) is 4.74 Å². The van der Waals surface area contributed by atoms with E-state index in [1.807, 2.05) is 22.9 Å². The third-order valence-electron chi connectivity index (χ3n) is 3.45. The average Bonchev–Trinajstić information content (AvgIpc) is 2.73. The highest BCUT2D eigenvalue weighted by molar-refractivity contribution is 5.73. The summed E-state index contributed by atoms with van der Waals surface area (Å²) in [5.41, 5.74) is 2.07. The molecule has 2 heterocycles. The Morgan fingerprint density at radius 1 is 1.28 bits per heavy atom. The second-order valence-electron chi connectivity index (χ2n) is 4.90. The van der Waals surface area contributed by atoms with Gasteiger partial charge in [0, 0.05) is 0 Å². The summed E-state index contributed by atoms with van der Waals surface area (Å²) in [7, 11) is 2.25. The summed E-state index contributed by atoms with van der Waals surface area (Å²) < 4.78 is 8.38. The van der Waals surface area contributed by atoms with Gasteiger partial charge in [0.1, 0.15) is 18.6 Å². The van der Waals surface area contributed by atoms with Gasteiger partial charge >= 0.3 is 0 Å². The molecule has 1 aromatic carbocycles. The predicted octanol–water partition coefficient (Wildman–Crippen LogP) is -2.13. The fourth-order valence-electron chi connectivity index (χ4n) is 2.27. The maximum atomic E-state index is 5.41. The van der Waals surface area contributed by atoms with Crippen molar-refractivity contribution in [1.29, 1.82) is 0 Å². The van der Waals surface area contributed by atoms with Crippen molar-refractivity contribution >= 4 is 11.0 Å². The quantitative estimate of drug-likeness (QED) is 0.454. The number of benzene rings is 1. The molecule has 0 amide bonds. The molecule has 98 valence electrons. The van der Waals surface area contributed by atoms with E-state index >= 15 is 0 Å². The molecule has 0 atom stereocenters. The van der Waals surface area contributed by atoms with Crippen LogP contribution in [0.4, 0.5) is 0 Å². The van der Waals surface area contributed by atoms with Crippen LogP contribution in [-0.4, -0.2) is 52.8 Å². The highest BCUT2D eigenvalue weighted by Gasteiger charge is 2.26. The number of morpholine rings is 1. The first kappa shape index (κ1) is 13.7. The zero-order valence-electron chi connectivity index (χ0n) is 10.4. The minimum atomic E-state index is 0. The minimum Gasteiger partial charge on any atom is -1.00 e. The fourth-order valence-corrected chi connectivity index (χ4v) is 2.27. The average molecular weight is 360 g/mol. The number of fused-ring (bicyclic) bond motifs is 1. The lowest BCUT2D eigenvalue weighted by Gasteiger charge is -2.37. The molecule has 3 rings (SSSR count). The number of nitrogens with zero attached hydrogens (tertiary/aromatic N) is 4. The van der Waals surface area contributed by atoms with Gasteiger partial charge in [0.2, 0.25) is 0 Å². The molecule has 0 saturated carbocycles. The van der Waals surface area contributed by atoms with E-state index in [1.54, 1.807) is 0 Å². The van der Waals surface area contributed by atoms with Crippen molar-refractivity contribution < 1.29 is 33.2 Å². The van der Waals surface area contributed by atoms with Crippen molar-refractivity contribution in [3.63, 3.8) is 0 Å². The molecular formula is C12H17IN4O. The van der Waals surface area contributed by atoms with Crippen molar-refractivity contribution in [3.8, 4) is 0 Å². The summed E-state index contributed by atoms with van der Waals surface area (Å²) in [4.78, 5) is 0. The molecule has 2 aromatic rings. The largest absolute Gasteiger partial charge is 1.00 e. The van der Waals surface area contributed by atoms with Crippen molar-refractivity contribution in [2.45, 2.75) is 6.67 Å². The number of hydrogen-bond donors (Lipinski definition) is 0. The Labute approximate surface area is 123 Å². The van der Waals surface area contributed by atoms with Gasteiger partial charge in [-0.15, -0.1) is 5.10 Å². The van der Waals surface area contributed by atoms with Gasteiger partial charge in [-0.25, -0.2) is 0 Å². The van der Waals surface area contributed by atoms with E-state index in [0.29, 0.717) is 0 Å². The fraction of sp³-hybridized carbons (Fsp3) is 0.500. The van der Waals surface area contributed by atoms with Crippen LogP contribution < -0.4 is 24.0 Å². The van der Waals surface area contributed by atoms with Gasteiger partial charge in [0.05, 0.1) is 25.8 Å². The summed E-state index contributed by atoms with van der Waals surface area (Å²) in [6.07, 6.45) is 0. The summed E-state index contributed by atoms with van der Waals surface area (Å²) in [6.45, 7) is 4.61. The second-order valence-corrected chi connectivity index (χ2v) is 4.90. The number of para-hydroxylation sites is 1. The number of quaternary nitrogens is 1. The molecule has 0 bridgehead atoms. The third-order valence-corrected chi connectivity index (χ3v) is 3.45. The number of halogens is 1. The third kappa shape index (κ3) is 2.65. The minimum absolute atomic E-state index is 0. The van der Waals surface area contributed by atoms with Gasteiger partial charge in [0.15, 0.2) is 6.67 Å². The molecule has 5 nitrogen and oxygen atoms in total. The lowest BCUT2D eigenvalue weighted by atomic mass is 10.3. The second kappa shape index (κ2) is 5.50. The molecule has 1 saturated heterocycles. The van der Waals surface area contributed by atoms with Crippen LogP contribution in [0, 0.1) is 0 Å². The maximum Gasteiger partial charge on any atom is 0.176 e. The number of likely N-dealkylation sites (N-methyl/N-ethyl adjacent to an activating group) is 1. The monoisotopic (exact) mass is 360 g/mol. The molecule has 0 unspecified atom stereocenters. The van der Waals surface area contributed by atoms with Crippen molar-refractivity contribution in [2.24, 2.45) is 0 Å². The van der Waals surface area contributed by atoms with Gasteiger partial charge in [0.25, 0.3) is 0 Å². The Morgan fingerprint density at radius 3 is 2.78 bits per heavy atom. The summed E-state index contributed by atoms with van der Waals surface area (Å²) in [6, 6.07) is 8.09. The molecule has 18 heavy (non-hydrogen) atoms. The first-order valence-electron chi connectivity index (χ1n) is 5.96. The topological polar surface area (TPSA) is 39.9 Å². The van der Waals surface area contributed by atoms with Gasteiger partial charge in [-0.05, 0) is 12.1 Å². The van der Waals surface area contributed by atoms with Gasteiger partial charge in [-0.1, -0.05) is 17.3 Å². The Bertz CT molecular complexity index is 522. The molecule has 1 aromatic heterocycles. The van der Waals surface area contributed by atoms with Gasteiger partial charge in [-0.3, -0.25) is 0 Å².